The van der Waals surface area contributed by atoms with Crippen molar-refractivity contribution in [3.63, 3.8) is 0 Å². The number of hydrogen-bond donors (Lipinski definition) is 0. The summed E-state index contributed by atoms with van der Waals surface area (Å²) in [6.45, 7) is 3.93. The molecule has 0 N–H and O–H groups in total. The molecule has 6 heteroatoms. The first-order chi connectivity index (χ1) is 11.6. The van der Waals surface area contributed by atoms with Gasteiger partial charge < -0.3 is 0 Å². The number of nitrogens with zero attached hydrogens (tertiary/aromatic N) is 2. The van der Waals surface area contributed by atoms with Gasteiger partial charge in [-0.3, -0.25) is 0 Å². The molecule has 0 fully saturated rings. The maximum atomic E-state index is 6.69. The second-order valence-corrected chi connectivity index (χ2v) is 8.08. The molecular weight excluding hydrogens is 379 g/mol. The Kier molecular flexibility index (Phi) is 4.09. The summed E-state index contributed by atoms with van der Waals surface area (Å²) < 4.78 is 0. The Hall–Kier alpha value is -1.46. The first kappa shape index (κ1) is 16.0. The molecule has 4 aromatic rings. The number of aromatic nitrogens is 2. The molecule has 0 aliphatic carbocycles. The number of hydrogen-bond acceptors (Lipinski definition) is 4. The highest BCUT2D eigenvalue weighted by atomic mass is 35.5. The third-order valence-electron chi connectivity index (χ3n) is 3.95. The van der Waals surface area contributed by atoms with E-state index < -0.39 is 0 Å². The Morgan fingerprint density at radius 2 is 1.17 bits per heavy atom. The van der Waals surface area contributed by atoms with Crippen LogP contribution in [0.4, 0.5) is 0 Å². The fourth-order valence-corrected chi connectivity index (χ4v) is 4.91. The normalized spacial score (nSPS) is 11.3. The largest absolute Gasteiger partial charge is 0.249 e. The minimum absolute atomic E-state index is 0.535. The average Bonchev–Trinajstić information content (AvgIpc) is 3.24. The molecule has 0 aliphatic rings. The van der Waals surface area contributed by atoms with Gasteiger partial charge in [-0.1, -0.05) is 35.3 Å². The molecule has 0 bridgehead atoms. The van der Waals surface area contributed by atoms with Crippen LogP contribution in [0.2, 0.25) is 10.0 Å². The highest BCUT2D eigenvalue weighted by Crippen LogP contribution is 2.47. The van der Waals surface area contributed by atoms with E-state index in [1.54, 1.807) is 22.7 Å². The van der Waals surface area contributed by atoms with E-state index in [9.17, 15) is 0 Å². The van der Waals surface area contributed by atoms with E-state index in [1.165, 1.54) is 0 Å². The summed E-state index contributed by atoms with van der Waals surface area (Å²) in [4.78, 5) is 11.7. The highest BCUT2D eigenvalue weighted by molar-refractivity contribution is 7.14. The lowest BCUT2D eigenvalue weighted by atomic mass is 10.0. The van der Waals surface area contributed by atoms with Crippen molar-refractivity contribution in [3.05, 3.63) is 56.5 Å². The molecule has 24 heavy (non-hydrogen) atoms. The minimum atomic E-state index is 0.535. The van der Waals surface area contributed by atoms with Crippen LogP contribution < -0.4 is 0 Å². The summed E-state index contributed by atoms with van der Waals surface area (Å²) in [5, 5.41) is 5.11. The lowest BCUT2D eigenvalue weighted by Gasteiger charge is -2.15. The SMILES string of the molecule is Cc1nc2c(-c3cccs3)c(Cl)c(Cl)c(-c3cccs3)c2nc1C. The van der Waals surface area contributed by atoms with Crippen LogP contribution in [-0.2, 0) is 0 Å². The van der Waals surface area contributed by atoms with Gasteiger partial charge in [0.25, 0.3) is 0 Å². The quantitative estimate of drug-likeness (QED) is 0.367. The van der Waals surface area contributed by atoms with Crippen LogP contribution in [0.15, 0.2) is 35.0 Å². The van der Waals surface area contributed by atoms with E-state index >= 15 is 0 Å². The molecule has 1 aromatic carbocycles. The summed E-state index contributed by atoms with van der Waals surface area (Å²) in [5.74, 6) is 0. The molecule has 0 unspecified atom stereocenters. The Morgan fingerprint density at radius 1 is 0.750 bits per heavy atom. The van der Waals surface area contributed by atoms with Gasteiger partial charge in [0.05, 0.1) is 32.5 Å². The number of halogens is 2. The van der Waals surface area contributed by atoms with Gasteiger partial charge in [-0.2, -0.15) is 0 Å². The minimum Gasteiger partial charge on any atom is -0.249 e. The summed E-state index contributed by atoms with van der Waals surface area (Å²) in [6, 6.07) is 8.06. The van der Waals surface area contributed by atoms with Gasteiger partial charge >= 0.3 is 0 Å². The number of fused-ring (bicyclic) bond motifs is 1. The van der Waals surface area contributed by atoms with E-state index in [0.29, 0.717) is 10.0 Å². The maximum absolute atomic E-state index is 6.69. The van der Waals surface area contributed by atoms with Crippen molar-refractivity contribution in [3.8, 4) is 20.9 Å². The zero-order valence-corrected chi connectivity index (χ0v) is 16.1. The summed E-state index contributed by atoms with van der Waals surface area (Å²) in [5.41, 5.74) is 5.13. The van der Waals surface area contributed by atoms with Crippen LogP contribution in [0.3, 0.4) is 0 Å². The first-order valence-electron chi connectivity index (χ1n) is 7.31. The zero-order chi connectivity index (χ0) is 16.8. The Labute approximate surface area is 157 Å². The van der Waals surface area contributed by atoms with Gasteiger partial charge in [0.1, 0.15) is 0 Å². The zero-order valence-electron chi connectivity index (χ0n) is 12.9. The Morgan fingerprint density at radius 3 is 1.50 bits per heavy atom. The summed E-state index contributed by atoms with van der Waals surface area (Å²) in [7, 11) is 0. The van der Waals surface area contributed by atoms with E-state index in [4.69, 9.17) is 33.2 Å². The molecular formula is C18H12Cl2N2S2. The van der Waals surface area contributed by atoms with Gasteiger partial charge in [-0.05, 0) is 36.7 Å². The van der Waals surface area contributed by atoms with Crippen molar-refractivity contribution in [2.24, 2.45) is 0 Å². The predicted molar refractivity (Wildman–Crippen MR) is 106 cm³/mol. The van der Waals surface area contributed by atoms with Crippen LogP contribution >= 0.6 is 45.9 Å². The van der Waals surface area contributed by atoms with E-state index in [2.05, 4.69) is 0 Å². The van der Waals surface area contributed by atoms with Crippen molar-refractivity contribution >= 4 is 56.9 Å². The number of aryl methyl sites for hydroxylation is 2. The van der Waals surface area contributed by atoms with Gasteiger partial charge in [0.2, 0.25) is 0 Å². The average molecular weight is 391 g/mol. The van der Waals surface area contributed by atoms with Gasteiger partial charge in [0.15, 0.2) is 0 Å². The van der Waals surface area contributed by atoms with Crippen molar-refractivity contribution in [2.75, 3.05) is 0 Å². The van der Waals surface area contributed by atoms with Gasteiger partial charge in [0, 0.05) is 20.9 Å². The lowest BCUT2D eigenvalue weighted by molar-refractivity contribution is 1.10. The highest BCUT2D eigenvalue weighted by Gasteiger charge is 2.23. The third kappa shape index (κ3) is 2.45. The van der Waals surface area contributed by atoms with Crippen LogP contribution in [0.25, 0.3) is 31.9 Å². The topological polar surface area (TPSA) is 25.8 Å². The summed E-state index contributed by atoms with van der Waals surface area (Å²) in [6.07, 6.45) is 0. The standard InChI is InChI=1S/C18H12Cl2N2S2/c1-9-10(2)22-18-14(12-6-4-8-24-12)16(20)15(19)13(17(18)21-9)11-5-3-7-23-11/h3-8H,1-2H3. The fourth-order valence-electron chi connectivity index (χ4n) is 2.67. The molecule has 3 aromatic heterocycles. The molecule has 120 valence electrons. The monoisotopic (exact) mass is 390 g/mol. The Bertz CT molecular complexity index is 955. The van der Waals surface area contributed by atoms with Crippen LogP contribution in [0.5, 0.6) is 0 Å². The summed E-state index contributed by atoms with van der Waals surface area (Å²) >= 11 is 16.6. The molecule has 0 spiro atoms. The molecule has 0 saturated carbocycles. The second-order valence-electron chi connectivity index (χ2n) is 5.42. The third-order valence-corrected chi connectivity index (χ3v) is 6.57. The molecule has 3 heterocycles. The molecule has 4 rings (SSSR count). The molecule has 0 saturated heterocycles. The van der Waals surface area contributed by atoms with Crippen LogP contribution in [-0.4, -0.2) is 9.97 Å². The molecule has 2 nitrogen and oxygen atoms in total. The van der Waals surface area contributed by atoms with Crippen molar-refractivity contribution in [2.45, 2.75) is 13.8 Å². The van der Waals surface area contributed by atoms with Crippen molar-refractivity contribution in [1.82, 2.24) is 9.97 Å². The van der Waals surface area contributed by atoms with E-state index in [0.717, 1.165) is 43.3 Å². The fraction of sp³-hybridized carbons (Fsp3) is 0.111. The van der Waals surface area contributed by atoms with Crippen LogP contribution in [0, 0.1) is 13.8 Å². The van der Waals surface area contributed by atoms with Crippen LogP contribution in [0.1, 0.15) is 11.4 Å². The van der Waals surface area contributed by atoms with Gasteiger partial charge in [-0.15, -0.1) is 22.7 Å². The number of rotatable bonds is 2. The van der Waals surface area contributed by atoms with E-state index in [-0.39, 0.29) is 0 Å². The maximum Gasteiger partial charge on any atom is 0.0999 e. The molecule has 0 atom stereocenters. The first-order valence-corrected chi connectivity index (χ1v) is 9.83. The van der Waals surface area contributed by atoms with Crippen molar-refractivity contribution in [1.29, 1.82) is 0 Å². The second kappa shape index (κ2) is 6.12. The number of benzene rings is 1. The Balaban J connectivity index is 2.21. The molecule has 0 amide bonds. The van der Waals surface area contributed by atoms with E-state index in [1.807, 2.05) is 48.9 Å². The molecule has 0 aliphatic heterocycles. The van der Waals surface area contributed by atoms with Crippen molar-refractivity contribution < 1.29 is 0 Å². The smallest absolute Gasteiger partial charge is 0.0999 e. The predicted octanol–water partition coefficient (Wildman–Crippen LogP) is 7.01. The number of thiophene rings is 2. The van der Waals surface area contributed by atoms with Gasteiger partial charge in [-0.25, -0.2) is 9.97 Å². The molecule has 0 radical (unpaired) electrons. The lowest BCUT2D eigenvalue weighted by Crippen LogP contribution is -1.98.